The number of para-hydroxylation sites is 1. The normalized spacial score (nSPS) is 18.3. The number of alkyl halides is 4. The van der Waals surface area contributed by atoms with E-state index in [0.717, 1.165) is 24.3 Å². The van der Waals surface area contributed by atoms with Crippen molar-refractivity contribution in [1.29, 1.82) is 0 Å². The summed E-state index contributed by atoms with van der Waals surface area (Å²) in [5, 5.41) is 0. The van der Waals surface area contributed by atoms with Crippen molar-refractivity contribution >= 4 is 0 Å². The Morgan fingerprint density at radius 1 is 0.861 bits per heavy atom. The van der Waals surface area contributed by atoms with Gasteiger partial charge in [-0.05, 0) is 79.0 Å². The lowest BCUT2D eigenvalue weighted by Gasteiger charge is -2.29. The van der Waals surface area contributed by atoms with Crippen molar-refractivity contribution < 1.29 is 27.0 Å². The number of hydrogen-bond acceptors (Lipinski definition) is 2. The Hall–Kier alpha value is -3.02. The summed E-state index contributed by atoms with van der Waals surface area (Å²) in [6, 6.07) is 18.8. The molecule has 2 nitrogen and oxygen atoms in total. The van der Waals surface area contributed by atoms with E-state index in [1.54, 1.807) is 30.3 Å². The third kappa shape index (κ3) is 6.59. The van der Waals surface area contributed by atoms with E-state index in [0.29, 0.717) is 17.0 Å². The van der Waals surface area contributed by atoms with Crippen molar-refractivity contribution in [3.8, 4) is 22.6 Å². The molecule has 1 aliphatic carbocycles. The highest BCUT2D eigenvalue weighted by atomic mass is 19.3. The molecule has 3 aromatic rings. The van der Waals surface area contributed by atoms with Gasteiger partial charge >= 0.3 is 12.7 Å². The van der Waals surface area contributed by atoms with Crippen LogP contribution in [0.25, 0.3) is 11.1 Å². The van der Waals surface area contributed by atoms with E-state index in [-0.39, 0.29) is 17.1 Å². The van der Waals surface area contributed by atoms with Gasteiger partial charge in [0.25, 0.3) is 0 Å². The fraction of sp³-hybridized carbons (Fsp3) is 0.400. The van der Waals surface area contributed by atoms with Crippen LogP contribution < -0.4 is 9.47 Å². The number of rotatable bonds is 10. The molecule has 0 aromatic heterocycles. The molecular weight excluding hydrogens is 468 g/mol. The van der Waals surface area contributed by atoms with E-state index < -0.39 is 12.7 Å². The van der Waals surface area contributed by atoms with Gasteiger partial charge in [0.1, 0.15) is 11.5 Å². The molecule has 1 aliphatic rings. The summed E-state index contributed by atoms with van der Waals surface area (Å²) >= 11 is 0. The molecule has 0 aliphatic heterocycles. The van der Waals surface area contributed by atoms with Crippen LogP contribution in [0.15, 0.2) is 72.8 Å². The zero-order valence-electron chi connectivity index (χ0n) is 20.4. The molecule has 0 heterocycles. The first kappa shape index (κ1) is 26.1. The Kier molecular flexibility index (Phi) is 8.55. The molecule has 0 unspecified atom stereocenters. The zero-order chi connectivity index (χ0) is 25.5. The summed E-state index contributed by atoms with van der Waals surface area (Å²) in [7, 11) is 0. The predicted molar refractivity (Wildman–Crippen MR) is 134 cm³/mol. The molecule has 0 amide bonds. The number of halogens is 4. The minimum absolute atomic E-state index is 0.000457. The molecule has 0 spiro atoms. The largest absolute Gasteiger partial charge is 0.435 e. The first-order chi connectivity index (χ1) is 17.4. The lowest BCUT2D eigenvalue weighted by Crippen LogP contribution is -2.22. The smallest absolute Gasteiger partial charge is 0.426 e. The molecule has 3 aromatic carbocycles. The average Bonchev–Trinajstić information content (AvgIpc) is 2.88. The SMILES string of the molecule is CCCC[C@H]1CC[C@H](c2ccc(C(F)(F)Oc3ccccc3-c3ccc(OC(F)F)cc3)cc2)CC1. The summed E-state index contributed by atoms with van der Waals surface area (Å²) in [5.41, 5.74) is 1.87. The summed E-state index contributed by atoms with van der Waals surface area (Å²) in [6.45, 7) is -0.714. The predicted octanol–water partition coefficient (Wildman–Crippen LogP) is 9.55. The number of hydrogen-bond donors (Lipinski definition) is 0. The highest BCUT2D eigenvalue weighted by Crippen LogP contribution is 2.40. The lowest BCUT2D eigenvalue weighted by atomic mass is 9.77. The minimum atomic E-state index is -3.54. The quantitative estimate of drug-likeness (QED) is 0.258. The number of ether oxygens (including phenoxy) is 2. The van der Waals surface area contributed by atoms with Crippen molar-refractivity contribution in [3.63, 3.8) is 0 Å². The third-order valence-electron chi connectivity index (χ3n) is 7.05. The van der Waals surface area contributed by atoms with Gasteiger partial charge in [0, 0.05) is 5.56 Å². The van der Waals surface area contributed by atoms with Crippen LogP contribution in [0.3, 0.4) is 0 Å². The first-order valence-corrected chi connectivity index (χ1v) is 12.7. The molecule has 0 bridgehead atoms. The van der Waals surface area contributed by atoms with Crippen molar-refractivity contribution in [1.82, 2.24) is 0 Å². The van der Waals surface area contributed by atoms with Crippen LogP contribution in [0.1, 0.15) is 68.9 Å². The molecule has 1 fully saturated rings. The molecule has 0 atom stereocenters. The van der Waals surface area contributed by atoms with Gasteiger partial charge in [-0.1, -0.05) is 68.7 Å². The highest BCUT2D eigenvalue weighted by Gasteiger charge is 2.35. The second-order valence-corrected chi connectivity index (χ2v) is 9.50. The van der Waals surface area contributed by atoms with E-state index in [4.69, 9.17) is 4.74 Å². The standard InChI is InChI=1S/C30H32F4O2/c1-2-3-6-21-9-11-22(12-10-21)23-13-17-25(18-14-23)30(33,34)36-28-8-5-4-7-27(28)24-15-19-26(20-16-24)35-29(31)32/h4-5,7-8,13-22,29H,2-3,6,9-12H2,1H3/t21-,22-. The third-order valence-corrected chi connectivity index (χ3v) is 7.05. The van der Waals surface area contributed by atoms with Crippen LogP contribution in [-0.2, 0) is 6.11 Å². The van der Waals surface area contributed by atoms with Gasteiger partial charge in [-0.25, -0.2) is 0 Å². The second kappa shape index (κ2) is 11.8. The second-order valence-electron chi connectivity index (χ2n) is 9.50. The van der Waals surface area contributed by atoms with Crippen molar-refractivity contribution in [2.75, 3.05) is 0 Å². The van der Waals surface area contributed by atoms with Crippen LogP contribution in [0.2, 0.25) is 0 Å². The van der Waals surface area contributed by atoms with Gasteiger partial charge in [0.05, 0.1) is 5.56 Å². The van der Waals surface area contributed by atoms with Crippen LogP contribution in [0, 0.1) is 5.92 Å². The lowest BCUT2D eigenvalue weighted by molar-refractivity contribution is -0.185. The van der Waals surface area contributed by atoms with Crippen molar-refractivity contribution in [2.24, 2.45) is 5.92 Å². The van der Waals surface area contributed by atoms with Crippen LogP contribution in [0.4, 0.5) is 17.6 Å². The Bertz CT molecular complexity index is 1090. The molecule has 6 heteroatoms. The van der Waals surface area contributed by atoms with Gasteiger partial charge in [-0.2, -0.15) is 17.6 Å². The van der Waals surface area contributed by atoms with Crippen molar-refractivity contribution in [2.45, 2.75) is 70.5 Å². The topological polar surface area (TPSA) is 18.5 Å². The van der Waals surface area contributed by atoms with Gasteiger partial charge in [-0.15, -0.1) is 0 Å². The van der Waals surface area contributed by atoms with E-state index in [1.807, 2.05) is 0 Å². The summed E-state index contributed by atoms with van der Waals surface area (Å²) < 4.78 is 64.7. The van der Waals surface area contributed by atoms with Gasteiger partial charge in [0.15, 0.2) is 0 Å². The Labute approximate surface area is 210 Å². The maximum atomic E-state index is 15.2. The van der Waals surface area contributed by atoms with E-state index in [2.05, 4.69) is 11.7 Å². The average molecular weight is 501 g/mol. The fourth-order valence-electron chi connectivity index (χ4n) is 5.03. The van der Waals surface area contributed by atoms with E-state index >= 15 is 8.78 Å². The fourth-order valence-corrected chi connectivity index (χ4v) is 5.03. The monoisotopic (exact) mass is 500 g/mol. The van der Waals surface area contributed by atoms with E-state index in [9.17, 15) is 8.78 Å². The molecule has 0 radical (unpaired) electrons. The van der Waals surface area contributed by atoms with Crippen molar-refractivity contribution in [3.05, 3.63) is 83.9 Å². The van der Waals surface area contributed by atoms with Crippen LogP contribution in [-0.4, -0.2) is 6.61 Å². The molecule has 192 valence electrons. The van der Waals surface area contributed by atoms with Gasteiger partial charge in [0.2, 0.25) is 0 Å². The molecule has 0 N–H and O–H groups in total. The summed E-state index contributed by atoms with van der Waals surface area (Å²) in [6.07, 6.45) is 4.89. The minimum Gasteiger partial charge on any atom is -0.435 e. The maximum Gasteiger partial charge on any atom is 0.426 e. The molecule has 36 heavy (non-hydrogen) atoms. The van der Waals surface area contributed by atoms with E-state index in [1.165, 1.54) is 74.6 Å². The van der Waals surface area contributed by atoms with Crippen LogP contribution >= 0.6 is 0 Å². The highest BCUT2D eigenvalue weighted by molar-refractivity contribution is 5.71. The number of unbranched alkanes of at least 4 members (excludes halogenated alkanes) is 1. The van der Waals surface area contributed by atoms with Gasteiger partial charge < -0.3 is 9.47 Å². The molecular formula is C30H32F4O2. The Balaban J connectivity index is 1.44. The summed E-state index contributed by atoms with van der Waals surface area (Å²) in [5.74, 6) is 1.21. The maximum absolute atomic E-state index is 15.2. The molecule has 1 saturated carbocycles. The molecule has 0 saturated heterocycles. The van der Waals surface area contributed by atoms with Crippen LogP contribution in [0.5, 0.6) is 11.5 Å². The zero-order valence-corrected chi connectivity index (χ0v) is 20.4. The molecule has 4 rings (SSSR count). The first-order valence-electron chi connectivity index (χ1n) is 12.7. The summed E-state index contributed by atoms with van der Waals surface area (Å²) in [4.78, 5) is 0. The van der Waals surface area contributed by atoms with Gasteiger partial charge in [-0.3, -0.25) is 0 Å². The number of benzene rings is 3. The Morgan fingerprint density at radius 2 is 1.53 bits per heavy atom. The Morgan fingerprint density at radius 3 is 2.17 bits per heavy atom.